The number of hydrogen-bond acceptors (Lipinski definition) is 1. The van der Waals surface area contributed by atoms with E-state index in [4.69, 9.17) is 0 Å². The maximum atomic E-state index is 11.9. The summed E-state index contributed by atoms with van der Waals surface area (Å²) in [5.74, 6) is 0.0231. The van der Waals surface area contributed by atoms with E-state index in [2.05, 4.69) is 34.0 Å². The van der Waals surface area contributed by atoms with Gasteiger partial charge in [-0.15, -0.1) is 0 Å². The molecule has 1 aromatic rings. The minimum absolute atomic E-state index is 0.0231. The van der Waals surface area contributed by atoms with Crippen LogP contribution in [0.5, 0.6) is 0 Å². The molecule has 2 rings (SSSR count). The number of rotatable bonds is 3. The molecule has 1 amide bonds. The summed E-state index contributed by atoms with van der Waals surface area (Å²) in [6.45, 7) is 0.699. The van der Waals surface area contributed by atoms with Gasteiger partial charge in [0.2, 0.25) is 0 Å². The van der Waals surface area contributed by atoms with Crippen LogP contribution in [0.15, 0.2) is 35.9 Å². The van der Waals surface area contributed by atoms with Crippen LogP contribution < -0.4 is 5.32 Å². The van der Waals surface area contributed by atoms with Crippen LogP contribution in [0.1, 0.15) is 36.0 Å². The molecule has 0 unspecified atom stereocenters. The van der Waals surface area contributed by atoms with Gasteiger partial charge >= 0.3 is 0 Å². The molecule has 1 N–H and O–H groups in total. The Hall–Kier alpha value is -0.840. The Morgan fingerprint density at radius 1 is 1.35 bits per heavy atom. The summed E-state index contributed by atoms with van der Waals surface area (Å²) in [6.07, 6.45) is 7.10. The van der Waals surface area contributed by atoms with E-state index in [9.17, 15) is 4.79 Å². The standard InChI is InChI=1S/C14H16INO/c15-13-8-4-7-12(9-13)14(17)16-10-11-5-2-1-3-6-11/h4-5,7-9H,1-3,6,10H2,(H,16,17). The molecule has 90 valence electrons. The molecule has 1 aliphatic rings. The van der Waals surface area contributed by atoms with Crippen molar-refractivity contribution in [2.24, 2.45) is 0 Å². The molecular weight excluding hydrogens is 325 g/mol. The van der Waals surface area contributed by atoms with Gasteiger partial charge in [0.05, 0.1) is 0 Å². The van der Waals surface area contributed by atoms with Crippen molar-refractivity contribution in [2.75, 3.05) is 6.54 Å². The lowest BCUT2D eigenvalue weighted by molar-refractivity contribution is 0.0956. The fraction of sp³-hybridized carbons (Fsp3) is 0.357. The van der Waals surface area contributed by atoms with E-state index >= 15 is 0 Å². The van der Waals surface area contributed by atoms with Crippen molar-refractivity contribution in [1.82, 2.24) is 5.32 Å². The third kappa shape index (κ3) is 3.84. The Morgan fingerprint density at radius 3 is 2.94 bits per heavy atom. The highest BCUT2D eigenvalue weighted by Gasteiger charge is 2.08. The van der Waals surface area contributed by atoms with Crippen molar-refractivity contribution in [3.8, 4) is 0 Å². The zero-order valence-electron chi connectivity index (χ0n) is 9.71. The number of hydrogen-bond donors (Lipinski definition) is 1. The summed E-state index contributed by atoms with van der Waals surface area (Å²) in [6, 6.07) is 7.66. The Bertz CT molecular complexity index is 440. The first-order valence-corrected chi connectivity index (χ1v) is 7.05. The summed E-state index contributed by atoms with van der Waals surface area (Å²) in [7, 11) is 0. The summed E-state index contributed by atoms with van der Waals surface area (Å²) >= 11 is 2.22. The van der Waals surface area contributed by atoms with E-state index in [1.54, 1.807) is 0 Å². The SMILES string of the molecule is O=C(NCC1=CCCCC1)c1cccc(I)c1. The highest BCUT2D eigenvalue weighted by atomic mass is 127. The molecule has 0 heterocycles. The maximum absolute atomic E-state index is 11.9. The first-order chi connectivity index (χ1) is 8.25. The second kappa shape index (κ2) is 6.19. The van der Waals surface area contributed by atoms with Crippen molar-refractivity contribution in [1.29, 1.82) is 0 Å². The average molecular weight is 341 g/mol. The first kappa shape index (κ1) is 12.6. The topological polar surface area (TPSA) is 29.1 Å². The summed E-state index contributed by atoms with van der Waals surface area (Å²) in [5.41, 5.74) is 2.11. The molecule has 3 heteroatoms. The number of allylic oxidation sites excluding steroid dienone is 1. The van der Waals surface area contributed by atoms with Crippen molar-refractivity contribution in [3.05, 3.63) is 45.0 Å². The van der Waals surface area contributed by atoms with Crippen LogP contribution in [0.25, 0.3) is 0 Å². The minimum atomic E-state index is 0.0231. The van der Waals surface area contributed by atoms with Gasteiger partial charge < -0.3 is 5.32 Å². The van der Waals surface area contributed by atoms with Crippen molar-refractivity contribution >= 4 is 28.5 Å². The van der Waals surface area contributed by atoms with Crippen molar-refractivity contribution in [3.63, 3.8) is 0 Å². The largest absolute Gasteiger partial charge is 0.348 e. The first-order valence-electron chi connectivity index (χ1n) is 5.97. The van der Waals surface area contributed by atoms with Gasteiger partial charge in [-0.2, -0.15) is 0 Å². The monoisotopic (exact) mass is 341 g/mol. The lowest BCUT2D eigenvalue weighted by atomic mass is 9.99. The number of benzene rings is 1. The highest BCUT2D eigenvalue weighted by molar-refractivity contribution is 14.1. The van der Waals surface area contributed by atoms with Gasteiger partial charge in [-0.3, -0.25) is 4.79 Å². The predicted octanol–water partition coefficient (Wildman–Crippen LogP) is 3.52. The van der Waals surface area contributed by atoms with E-state index in [1.807, 2.05) is 24.3 Å². The Kier molecular flexibility index (Phi) is 4.59. The van der Waals surface area contributed by atoms with Crippen LogP contribution in [-0.2, 0) is 0 Å². The molecule has 0 saturated carbocycles. The van der Waals surface area contributed by atoms with Gasteiger partial charge in [0, 0.05) is 15.7 Å². The normalized spacial score (nSPS) is 15.2. The van der Waals surface area contributed by atoms with Gasteiger partial charge in [0.25, 0.3) is 5.91 Å². The molecule has 0 aromatic heterocycles. The number of carbonyl (C=O) groups excluding carboxylic acids is 1. The number of carbonyl (C=O) groups is 1. The lowest BCUT2D eigenvalue weighted by Crippen LogP contribution is -2.26. The molecule has 2 nitrogen and oxygen atoms in total. The molecule has 0 atom stereocenters. The van der Waals surface area contributed by atoms with Gasteiger partial charge in [-0.05, 0) is 66.5 Å². The fourth-order valence-electron chi connectivity index (χ4n) is 1.99. The van der Waals surface area contributed by atoms with Gasteiger partial charge in [-0.25, -0.2) is 0 Å². The number of nitrogens with one attached hydrogen (secondary N) is 1. The van der Waals surface area contributed by atoms with E-state index in [-0.39, 0.29) is 5.91 Å². The van der Waals surface area contributed by atoms with Gasteiger partial charge in [-0.1, -0.05) is 17.7 Å². The molecular formula is C14H16INO. The van der Waals surface area contributed by atoms with Crippen LogP contribution >= 0.6 is 22.6 Å². The fourth-order valence-corrected chi connectivity index (χ4v) is 2.53. The van der Waals surface area contributed by atoms with E-state index < -0.39 is 0 Å². The Morgan fingerprint density at radius 2 is 2.24 bits per heavy atom. The molecule has 1 aromatic carbocycles. The van der Waals surface area contributed by atoms with Crippen LogP contribution in [0.3, 0.4) is 0 Å². The van der Waals surface area contributed by atoms with Crippen molar-refractivity contribution < 1.29 is 4.79 Å². The Labute approximate surface area is 116 Å². The quantitative estimate of drug-likeness (QED) is 0.662. The number of halogens is 1. The molecule has 0 spiro atoms. The smallest absolute Gasteiger partial charge is 0.251 e. The summed E-state index contributed by atoms with van der Waals surface area (Å²) in [4.78, 5) is 11.9. The lowest BCUT2D eigenvalue weighted by Gasteiger charge is -2.13. The van der Waals surface area contributed by atoms with Crippen LogP contribution in [0.2, 0.25) is 0 Å². The van der Waals surface area contributed by atoms with E-state index in [1.165, 1.54) is 18.4 Å². The van der Waals surface area contributed by atoms with Crippen molar-refractivity contribution in [2.45, 2.75) is 25.7 Å². The van der Waals surface area contributed by atoms with Gasteiger partial charge in [0.1, 0.15) is 0 Å². The van der Waals surface area contributed by atoms with Crippen LogP contribution in [0.4, 0.5) is 0 Å². The number of amides is 1. The van der Waals surface area contributed by atoms with E-state index in [0.29, 0.717) is 6.54 Å². The molecule has 0 saturated heterocycles. The molecule has 17 heavy (non-hydrogen) atoms. The minimum Gasteiger partial charge on any atom is -0.348 e. The second-order valence-electron chi connectivity index (χ2n) is 4.30. The Balaban J connectivity index is 1.91. The summed E-state index contributed by atoms with van der Waals surface area (Å²) < 4.78 is 1.09. The molecule has 0 fully saturated rings. The molecule has 1 aliphatic carbocycles. The predicted molar refractivity (Wildman–Crippen MR) is 78.0 cm³/mol. The molecule has 0 bridgehead atoms. The average Bonchev–Trinajstić information content (AvgIpc) is 2.37. The summed E-state index contributed by atoms with van der Waals surface area (Å²) in [5, 5.41) is 2.99. The highest BCUT2D eigenvalue weighted by Crippen LogP contribution is 2.16. The third-order valence-electron chi connectivity index (χ3n) is 2.95. The zero-order valence-corrected chi connectivity index (χ0v) is 11.9. The van der Waals surface area contributed by atoms with Crippen LogP contribution in [-0.4, -0.2) is 12.5 Å². The third-order valence-corrected chi connectivity index (χ3v) is 3.62. The van der Waals surface area contributed by atoms with Gasteiger partial charge in [0.15, 0.2) is 0 Å². The zero-order chi connectivity index (χ0) is 12.1. The second-order valence-corrected chi connectivity index (χ2v) is 5.55. The molecule has 0 aliphatic heterocycles. The van der Waals surface area contributed by atoms with E-state index in [0.717, 1.165) is 22.0 Å². The maximum Gasteiger partial charge on any atom is 0.251 e. The molecule has 0 radical (unpaired) electrons. The van der Waals surface area contributed by atoms with Crippen LogP contribution in [0, 0.1) is 3.57 Å².